The van der Waals surface area contributed by atoms with Crippen molar-refractivity contribution < 1.29 is 9.18 Å². The number of nitrogens with zero attached hydrogens (tertiary/aromatic N) is 2. The maximum Gasteiger partial charge on any atom is 0.255 e. The molecule has 0 saturated heterocycles. The summed E-state index contributed by atoms with van der Waals surface area (Å²) in [5.41, 5.74) is 6.98. The Morgan fingerprint density at radius 2 is 1.54 bits per heavy atom. The Morgan fingerprint density at radius 1 is 0.857 bits per heavy atom. The molecule has 1 atom stereocenters. The van der Waals surface area contributed by atoms with Gasteiger partial charge in [-0.2, -0.15) is 0 Å². The molecule has 0 aliphatic carbocycles. The third-order valence-electron chi connectivity index (χ3n) is 6.86. The normalized spacial score (nSPS) is 15.1. The van der Waals surface area contributed by atoms with E-state index in [1.807, 2.05) is 47.4 Å². The molecule has 0 radical (unpaired) electrons. The first kappa shape index (κ1) is 21.8. The molecule has 1 aliphatic rings. The van der Waals surface area contributed by atoms with Crippen molar-refractivity contribution in [2.45, 2.75) is 12.6 Å². The van der Waals surface area contributed by atoms with Gasteiger partial charge >= 0.3 is 0 Å². The summed E-state index contributed by atoms with van der Waals surface area (Å²) < 4.78 is 16.8. The number of halogens is 2. The zero-order chi connectivity index (χ0) is 24.1. The van der Waals surface area contributed by atoms with E-state index in [1.54, 1.807) is 12.1 Å². The number of aryl methyl sites for hydroxylation is 1. The molecule has 0 N–H and O–H groups in total. The summed E-state index contributed by atoms with van der Waals surface area (Å²) in [5.74, 6) is -0.294. The second-order valence-electron chi connectivity index (χ2n) is 8.89. The van der Waals surface area contributed by atoms with Crippen LogP contribution in [0.1, 0.15) is 33.1 Å². The minimum absolute atomic E-state index is 0.00962. The number of amides is 1. The Labute approximate surface area is 211 Å². The first-order chi connectivity index (χ1) is 17.0. The highest BCUT2D eigenvalue weighted by Crippen LogP contribution is 2.47. The summed E-state index contributed by atoms with van der Waals surface area (Å²) in [6.07, 6.45) is 0. The summed E-state index contributed by atoms with van der Waals surface area (Å²) in [6.45, 7) is 0.390. The van der Waals surface area contributed by atoms with Gasteiger partial charge in [0, 0.05) is 40.1 Å². The number of fused-ring (bicyclic) bond motifs is 2. The summed E-state index contributed by atoms with van der Waals surface area (Å²) in [6, 6.07) is 30.6. The minimum atomic E-state index is -0.284. The van der Waals surface area contributed by atoms with E-state index < -0.39 is 0 Å². The predicted octanol–water partition coefficient (Wildman–Crippen LogP) is 7.49. The molecule has 4 aromatic carbocycles. The van der Waals surface area contributed by atoms with Gasteiger partial charge < -0.3 is 9.47 Å². The maximum absolute atomic E-state index is 13.7. The topological polar surface area (TPSA) is 25.2 Å². The lowest BCUT2D eigenvalue weighted by Gasteiger charge is -2.27. The van der Waals surface area contributed by atoms with Crippen molar-refractivity contribution in [1.82, 2.24) is 9.47 Å². The van der Waals surface area contributed by atoms with Crippen molar-refractivity contribution in [2.75, 3.05) is 0 Å². The lowest BCUT2D eigenvalue weighted by molar-refractivity contribution is 0.0737. The van der Waals surface area contributed by atoms with Crippen molar-refractivity contribution in [3.05, 3.63) is 130 Å². The van der Waals surface area contributed by atoms with E-state index in [9.17, 15) is 9.18 Å². The van der Waals surface area contributed by atoms with Gasteiger partial charge in [-0.3, -0.25) is 4.79 Å². The van der Waals surface area contributed by atoms with Crippen molar-refractivity contribution >= 4 is 32.7 Å². The molecule has 6 rings (SSSR count). The molecule has 0 saturated carbocycles. The summed E-state index contributed by atoms with van der Waals surface area (Å²) in [7, 11) is 2.08. The van der Waals surface area contributed by atoms with Crippen molar-refractivity contribution in [3.63, 3.8) is 0 Å². The largest absolute Gasteiger partial charge is 0.343 e. The lowest BCUT2D eigenvalue weighted by atomic mass is 9.93. The van der Waals surface area contributed by atoms with E-state index in [1.165, 1.54) is 12.1 Å². The fourth-order valence-corrected chi connectivity index (χ4v) is 5.55. The summed E-state index contributed by atoms with van der Waals surface area (Å²) in [4.78, 5) is 15.6. The van der Waals surface area contributed by atoms with Crippen LogP contribution in [0.25, 0.3) is 22.2 Å². The highest BCUT2D eigenvalue weighted by molar-refractivity contribution is 9.10. The molecule has 5 aromatic rings. The molecule has 3 nitrogen and oxygen atoms in total. The van der Waals surface area contributed by atoms with E-state index in [4.69, 9.17) is 0 Å². The summed E-state index contributed by atoms with van der Waals surface area (Å²) in [5, 5.41) is 1.12. The Kier molecular flexibility index (Phi) is 5.30. The Morgan fingerprint density at radius 3 is 2.31 bits per heavy atom. The van der Waals surface area contributed by atoms with Crippen LogP contribution in [0.15, 0.2) is 102 Å². The SMILES string of the molecule is Cn1c(-c2ccc(Br)cc2)c(C2c3ccccc3C(=O)N2Cc2ccc(F)cc2)c2ccccc21. The van der Waals surface area contributed by atoms with Gasteiger partial charge in [0.05, 0.1) is 11.7 Å². The quantitative estimate of drug-likeness (QED) is 0.239. The highest BCUT2D eigenvalue weighted by Gasteiger charge is 2.40. The van der Waals surface area contributed by atoms with Gasteiger partial charge in [-0.25, -0.2) is 4.39 Å². The lowest BCUT2D eigenvalue weighted by Crippen LogP contribution is -2.28. The van der Waals surface area contributed by atoms with Crippen LogP contribution in [0, 0.1) is 5.82 Å². The van der Waals surface area contributed by atoms with Crippen molar-refractivity contribution in [2.24, 2.45) is 7.05 Å². The molecular formula is C30H22BrFN2O. The van der Waals surface area contributed by atoms with Gasteiger partial charge in [-0.15, -0.1) is 0 Å². The van der Waals surface area contributed by atoms with Crippen LogP contribution in [0.3, 0.4) is 0 Å². The van der Waals surface area contributed by atoms with Gasteiger partial charge in [0.2, 0.25) is 0 Å². The smallest absolute Gasteiger partial charge is 0.255 e. The van der Waals surface area contributed by atoms with Gasteiger partial charge in [0.15, 0.2) is 0 Å². The molecule has 1 aromatic heterocycles. The number of hydrogen-bond acceptors (Lipinski definition) is 1. The van der Waals surface area contributed by atoms with Crippen LogP contribution in [-0.4, -0.2) is 15.4 Å². The van der Waals surface area contributed by atoms with E-state index in [0.717, 1.165) is 43.3 Å². The van der Waals surface area contributed by atoms with Crippen LogP contribution < -0.4 is 0 Å². The maximum atomic E-state index is 13.7. The molecule has 1 unspecified atom stereocenters. The molecular weight excluding hydrogens is 503 g/mol. The number of hydrogen-bond donors (Lipinski definition) is 0. The molecule has 172 valence electrons. The van der Waals surface area contributed by atoms with Crippen LogP contribution in [0.2, 0.25) is 0 Å². The highest BCUT2D eigenvalue weighted by atomic mass is 79.9. The Balaban J connectivity index is 1.61. The number of para-hydroxylation sites is 1. The predicted molar refractivity (Wildman–Crippen MR) is 141 cm³/mol. The van der Waals surface area contributed by atoms with Crippen molar-refractivity contribution in [1.29, 1.82) is 0 Å². The average Bonchev–Trinajstić information content (AvgIpc) is 3.32. The van der Waals surface area contributed by atoms with Crippen LogP contribution in [0.4, 0.5) is 4.39 Å². The molecule has 0 fully saturated rings. The molecule has 0 spiro atoms. The average molecular weight is 525 g/mol. The number of aromatic nitrogens is 1. The fraction of sp³-hybridized carbons (Fsp3) is 0.100. The number of carbonyl (C=O) groups is 1. The summed E-state index contributed by atoms with van der Waals surface area (Å²) >= 11 is 3.55. The molecule has 2 heterocycles. The second-order valence-corrected chi connectivity index (χ2v) is 9.81. The van der Waals surface area contributed by atoms with E-state index in [-0.39, 0.29) is 17.8 Å². The van der Waals surface area contributed by atoms with Crippen LogP contribution in [-0.2, 0) is 13.6 Å². The second kappa shape index (κ2) is 8.51. The third-order valence-corrected chi connectivity index (χ3v) is 7.39. The Bertz CT molecular complexity index is 1570. The van der Waals surface area contributed by atoms with E-state index in [0.29, 0.717) is 12.1 Å². The van der Waals surface area contributed by atoms with Crippen molar-refractivity contribution in [3.8, 4) is 11.3 Å². The molecule has 0 bridgehead atoms. The molecule has 35 heavy (non-hydrogen) atoms. The van der Waals surface area contributed by atoms with Crippen LogP contribution >= 0.6 is 15.9 Å². The zero-order valence-corrected chi connectivity index (χ0v) is 20.7. The third kappa shape index (κ3) is 3.58. The van der Waals surface area contributed by atoms with E-state index >= 15 is 0 Å². The van der Waals surface area contributed by atoms with Crippen LogP contribution in [0.5, 0.6) is 0 Å². The molecule has 5 heteroatoms. The monoisotopic (exact) mass is 524 g/mol. The first-order valence-electron chi connectivity index (χ1n) is 11.5. The van der Waals surface area contributed by atoms with E-state index in [2.05, 4.69) is 57.9 Å². The standard InChI is InChI=1S/C30H22BrFN2O/c1-33-26-9-5-4-8-25(26)27(28(33)20-12-14-21(31)15-13-20)29-23-6-2-3-7-24(23)30(35)34(29)18-19-10-16-22(32)17-11-19/h2-17,29H,18H2,1H3. The minimum Gasteiger partial charge on any atom is -0.343 e. The molecule has 1 aliphatic heterocycles. The zero-order valence-electron chi connectivity index (χ0n) is 19.1. The number of rotatable bonds is 4. The van der Waals surface area contributed by atoms with Gasteiger partial charge in [-0.1, -0.05) is 76.6 Å². The van der Waals surface area contributed by atoms with Gasteiger partial charge in [-0.05, 0) is 53.1 Å². The fourth-order valence-electron chi connectivity index (χ4n) is 5.29. The Hall–Kier alpha value is -3.70. The number of carbonyl (C=O) groups excluding carboxylic acids is 1. The van der Waals surface area contributed by atoms with Gasteiger partial charge in [0.1, 0.15) is 5.82 Å². The first-order valence-corrected chi connectivity index (χ1v) is 12.3. The number of benzene rings is 4. The van der Waals surface area contributed by atoms with Gasteiger partial charge in [0.25, 0.3) is 5.91 Å². The molecule has 1 amide bonds.